The summed E-state index contributed by atoms with van der Waals surface area (Å²) in [5, 5.41) is 11.5. The molecule has 0 saturated carbocycles. The van der Waals surface area contributed by atoms with Crippen LogP contribution < -0.4 is 16.2 Å². The average molecular weight is 458 g/mol. The van der Waals surface area contributed by atoms with Gasteiger partial charge in [0, 0.05) is 24.5 Å². The fourth-order valence-corrected chi connectivity index (χ4v) is 4.04. The van der Waals surface area contributed by atoms with Crippen LogP contribution in [0.25, 0.3) is 5.69 Å². The van der Waals surface area contributed by atoms with Crippen molar-refractivity contribution >= 4 is 29.3 Å². The molecular weight excluding hydrogens is 440 g/mol. The van der Waals surface area contributed by atoms with Gasteiger partial charge in [-0.15, -0.1) is 10.2 Å². The molecule has 13 heteroatoms. The molecule has 0 fully saturated rings. The molecule has 0 aliphatic carbocycles. The molecule has 0 spiro atoms. The second-order valence-electron chi connectivity index (χ2n) is 6.30. The molecule has 0 aliphatic heterocycles. The normalized spacial score (nSPS) is 11.0. The molecule has 3 aromatic heterocycles. The highest BCUT2D eigenvalue weighted by Gasteiger charge is 2.31. The molecule has 0 saturated heterocycles. The number of nitrogens with two attached hydrogens (primary N) is 1. The van der Waals surface area contributed by atoms with Gasteiger partial charge in [-0.05, 0) is 22.9 Å². The first-order valence-electron chi connectivity index (χ1n) is 8.98. The zero-order valence-corrected chi connectivity index (χ0v) is 17.9. The van der Waals surface area contributed by atoms with Gasteiger partial charge < -0.3 is 5.84 Å². The van der Waals surface area contributed by atoms with Crippen LogP contribution in [0.15, 0.2) is 62.4 Å². The molecule has 0 amide bonds. The van der Waals surface area contributed by atoms with Crippen molar-refractivity contribution in [1.29, 1.82) is 0 Å². The molecule has 4 rings (SSSR count). The maximum absolute atomic E-state index is 12.7. The van der Waals surface area contributed by atoms with Crippen LogP contribution in [-0.2, 0) is 5.75 Å². The molecule has 0 atom stereocenters. The molecule has 3 N–H and O–H groups in total. The number of rotatable bonds is 8. The Hall–Kier alpha value is -3.45. The summed E-state index contributed by atoms with van der Waals surface area (Å²) in [6.45, 7) is 1.94. The van der Waals surface area contributed by atoms with Crippen molar-refractivity contribution in [3.8, 4) is 5.69 Å². The number of nitrogens with one attached hydrogen (secondary N) is 1. The standard InChI is InChI=1S/C18H16N8O3S2/c1-11-3-5-12(6-4-11)26-15(16(28)29-24-26)13(27)9-31-18-23-22-14(25(18)19)10-30-17-20-7-2-8-21-17/h2-8H,9-10,19H2,1H3/p+1. The van der Waals surface area contributed by atoms with Crippen molar-refractivity contribution in [2.75, 3.05) is 11.6 Å². The number of nitrogens with zero attached hydrogens (tertiary/aromatic N) is 6. The second kappa shape index (κ2) is 9.14. The number of aromatic amines is 1. The molecular formula is C18H17N8O3S2+. The quantitative estimate of drug-likeness (QED) is 0.128. The molecule has 4 aromatic rings. The van der Waals surface area contributed by atoms with Gasteiger partial charge >= 0.3 is 11.3 Å². The van der Waals surface area contributed by atoms with Crippen LogP contribution in [0.1, 0.15) is 21.9 Å². The predicted octanol–water partition coefficient (Wildman–Crippen LogP) is 0.916. The van der Waals surface area contributed by atoms with Gasteiger partial charge in [0.1, 0.15) is 0 Å². The van der Waals surface area contributed by atoms with Crippen LogP contribution >= 0.6 is 23.5 Å². The highest BCUT2D eigenvalue weighted by molar-refractivity contribution is 7.99. The van der Waals surface area contributed by atoms with E-state index in [0.717, 1.165) is 17.3 Å². The van der Waals surface area contributed by atoms with E-state index in [1.165, 1.54) is 21.1 Å². The number of thioether (sulfide) groups is 2. The lowest BCUT2D eigenvalue weighted by Gasteiger charge is -2.02. The van der Waals surface area contributed by atoms with Gasteiger partial charge in [0.15, 0.2) is 11.0 Å². The molecule has 158 valence electrons. The number of aryl methyl sites for hydroxylation is 1. The van der Waals surface area contributed by atoms with Crippen molar-refractivity contribution in [2.45, 2.75) is 23.0 Å². The van der Waals surface area contributed by atoms with E-state index in [9.17, 15) is 9.59 Å². The van der Waals surface area contributed by atoms with Crippen LogP contribution in [0.2, 0.25) is 0 Å². The SMILES string of the molecule is Cc1ccc(-[n+]2[nH]oc(=O)c2C(=O)CSc2nnc(CSc3ncccn3)n2N)cc1. The monoisotopic (exact) mass is 457 g/mol. The summed E-state index contributed by atoms with van der Waals surface area (Å²) >= 11 is 2.44. The summed E-state index contributed by atoms with van der Waals surface area (Å²) < 4.78 is 7.46. The smallest absolute Gasteiger partial charge is 0.336 e. The number of nitrogen functional groups attached to an aromatic ring is 1. The Kier molecular flexibility index (Phi) is 6.13. The van der Waals surface area contributed by atoms with Crippen molar-refractivity contribution in [3.63, 3.8) is 0 Å². The molecule has 0 radical (unpaired) electrons. The van der Waals surface area contributed by atoms with Gasteiger partial charge in [-0.2, -0.15) is 0 Å². The number of benzene rings is 1. The Morgan fingerprint density at radius 2 is 1.94 bits per heavy atom. The zero-order valence-electron chi connectivity index (χ0n) is 16.3. The van der Waals surface area contributed by atoms with E-state index in [2.05, 4.69) is 25.4 Å². The van der Waals surface area contributed by atoms with Crippen LogP contribution in [0.5, 0.6) is 0 Å². The van der Waals surface area contributed by atoms with Gasteiger partial charge in [-0.3, -0.25) is 9.32 Å². The average Bonchev–Trinajstić information content (AvgIpc) is 3.34. The predicted molar refractivity (Wildman–Crippen MR) is 112 cm³/mol. The Bertz CT molecular complexity index is 1250. The highest BCUT2D eigenvalue weighted by Crippen LogP contribution is 2.20. The maximum Gasteiger partial charge on any atom is 0.438 e. The van der Waals surface area contributed by atoms with Crippen LogP contribution in [-0.4, -0.2) is 41.6 Å². The molecule has 0 aliphatic rings. The lowest BCUT2D eigenvalue weighted by molar-refractivity contribution is -0.672. The lowest BCUT2D eigenvalue weighted by atomic mass is 10.2. The van der Waals surface area contributed by atoms with Crippen molar-refractivity contribution in [3.05, 3.63) is 70.2 Å². The first-order valence-corrected chi connectivity index (χ1v) is 11.0. The number of hydrogen-bond acceptors (Lipinski definition) is 10. The number of hydrogen-bond donors (Lipinski definition) is 2. The first-order chi connectivity index (χ1) is 15.0. The fraction of sp³-hybridized carbons (Fsp3) is 0.167. The van der Waals surface area contributed by atoms with Crippen molar-refractivity contribution in [2.24, 2.45) is 0 Å². The Morgan fingerprint density at radius 3 is 2.68 bits per heavy atom. The minimum atomic E-state index is -0.750. The number of carbonyl (C=O) groups is 1. The van der Waals surface area contributed by atoms with E-state index in [1.807, 2.05) is 19.1 Å². The van der Waals surface area contributed by atoms with E-state index in [4.69, 9.17) is 10.4 Å². The Morgan fingerprint density at radius 1 is 1.19 bits per heavy atom. The summed E-state index contributed by atoms with van der Waals surface area (Å²) in [5.74, 6) is 6.46. The Balaban J connectivity index is 1.44. The highest BCUT2D eigenvalue weighted by atomic mass is 32.2. The number of H-pyrrole nitrogens is 1. The number of ketones is 1. The van der Waals surface area contributed by atoms with E-state index in [1.54, 1.807) is 30.6 Å². The summed E-state index contributed by atoms with van der Waals surface area (Å²) in [6, 6.07) is 9.03. The number of Topliss-reactive ketones (excluding diaryl/α,β-unsaturated/α-hetero) is 1. The summed E-state index contributed by atoms with van der Waals surface area (Å²) in [7, 11) is 0. The summed E-state index contributed by atoms with van der Waals surface area (Å²) in [4.78, 5) is 33.1. The minimum absolute atomic E-state index is 0.0707. The summed E-state index contributed by atoms with van der Waals surface area (Å²) in [5.41, 5.74) is 0.791. The van der Waals surface area contributed by atoms with E-state index >= 15 is 0 Å². The van der Waals surface area contributed by atoms with Crippen molar-refractivity contribution in [1.82, 2.24) is 30.1 Å². The van der Waals surface area contributed by atoms with Gasteiger partial charge in [-0.25, -0.2) is 19.4 Å². The van der Waals surface area contributed by atoms with E-state index in [-0.39, 0.29) is 11.4 Å². The molecule has 11 nitrogen and oxygen atoms in total. The van der Waals surface area contributed by atoms with Crippen LogP contribution in [0.4, 0.5) is 0 Å². The molecule has 0 unspecified atom stereocenters. The largest absolute Gasteiger partial charge is 0.438 e. The lowest BCUT2D eigenvalue weighted by Crippen LogP contribution is -2.41. The van der Waals surface area contributed by atoms with Crippen LogP contribution in [0, 0.1) is 6.92 Å². The molecule has 1 aromatic carbocycles. The van der Waals surface area contributed by atoms with Crippen LogP contribution in [0.3, 0.4) is 0 Å². The van der Waals surface area contributed by atoms with Gasteiger partial charge in [0.25, 0.3) is 0 Å². The molecule has 0 bridgehead atoms. The van der Waals surface area contributed by atoms with Gasteiger partial charge in [0.2, 0.25) is 16.6 Å². The fourth-order valence-electron chi connectivity index (χ4n) is 2.58. The maximum atomic E-state index is 12.7. The summed E-state index contributed by atoms with van der Waals surface area (Å²) in [6.07, 6.45) is 3.30. The molecule has 3 heterocycles. The third kappa shape index (κ3) is 4.67. The second-order valence-corrected chi connectivity index (χ2v) is 8.19. The van der Waals surface area contributed by atoms with Gasteiger partial charge in [-0.1, -0.05) is 41.2 Å². The zero-order chi connectivity index (χ0) is 21.8. The van der Waals surface area contributed by atoms with Gasteiger partial charge in [0.05, 0.1) is 11.5 Å². The van der Waals surface area contributed by atoms with E-state index < -0.39 is 11.4 Å². The number of aromatic nitrogens is 7. The number of carbonyl (C=O) groups excluding carboxylic acids is 1. The topological polar surface area (TPSA) is 149 Å². The third-order valence-electron chi connectivity index (χ3n) is 4.14. The van der Waals surface area contributed by atoms with E-state index in [0.29, 0.717) is 27.6 Å². The first kappa shape index (κ1) is 20.8. The van der Waals surface area contributed by atoms with Crippen molar-refractivity contribution < 1.29 is 14.0 Å². The molecule has 31 heavy (non-hydrogen) atoms. The minimum Gasteiger partial charge on any atom is -0.336 e. The third-order valence-corrected chi connectivity index (χ3v) is 5.96. The Labute approximate surface area is 184 Å².